The second-order valence-electron chi connectivity index (χ2n) is 3.29. The normalized spacial score (nSPS) is 11.7. The van der Waals surface area contributed by atoms with Crippen molar-refractivity contribution in [3.05, 3.63) is 35.4 Å². The summed E-state index contributed by atoms with van der Waals surface area (Å²) in [4.78, 5) is 0. The van der Waals surface area contributed by atoms with E-state index >= 15 is 0 Å². The molecule has 1 aromatic rings. The second kappa shape index (κ2) is 4.70. The Bertz CT molecular complexity index is 420. The largest absolute Gasteiger partial charge is 0.228 e. The summed E-state index contributed by atoms with van der Waals surface area (Å²) in [6.07, 6.45) is 0.443. The molecule has 0 radical (unpaired) electrons. The van der Waals surface area contributed by atoms with E-state index in [1.54, 1.807) is 6.92 Å². The van der Waals surface area contributed by atoms with Crippen LogP contribution in [0.1, 0.15) is 18.9 Å². The fourth-order valence-electron chi connectivity index (χ4n) is 1.27. The van der Waals surface area contributed by atoms with Gasteiger partial charge < -0.3 is 0 Å². The Morgan fingerprint density at radius 1 is 1.20 bits per heavy atom. The van der Waals surface area contributed by atoms with Gasteiger partial charge in [-0.3, -0.25) is 0 Å². The molecule has 0 aliphatic heterocycles. The fourth-order valence-corrected chi connectivity index (χ4v) is 2.76. The summed E-state index contributed by atoms with van der Waals surface area (Å²) in [5, 5.41) is 0. The lowest BCUT2D eigenvalue weighted by atomic mass is 10.2. The van der Waals surface area contributed by atoms with Crippen molar-refractivity contribution < 1.29 is 17.2 Å². The van der Waals surface area contributed by atoms with Crippen molar-refractivity contribution in [3.8, 4) is 0 Å². The summed E-state index contributed by atoms with van der Waals surface area (Å²) in [7, 11) is -3.41. The van der Waals surface area contributed by atoms with E-state index in [1.807, 2.05) is 0 Å². The van der Waals surface area contributed by atoms with E-state index in [0.29, 0.717) is 6.42 Å². The lowest BCUT2D eigenvalue weighted by Crippen LogP contribution is -2.11. The Labute approximate surface area is 87.8 Å². The summed E-state index contributed by atoms with van der Waals surface area (Å²) in [6.45, 7) is 1.70. The Kier molecular flexibility index (Phi) is 3.79. The number of rotatable bonds is 4. The number of halogens is 2. The van der Waals surface area contributed by atoms with Crippen LogP contribution in [0.2, 0.25) is 0 Å². The minimum atomic E-state index is -3.41. The highest BCUT2D eigenvalue weighted by atomic mass is 32.2. The van der Waals surface area contributed by atoms with Crippen molar-refractivity contribution in [2.45, 2.75) is 19.1 Å². The van der Waals surface area contributed by atoms with Crippen LogP contribution in [0.3, 0.4) is 0 Å². The molecule has 0 aliphatic rings. The summed E-state index contributed by atoms with van der Waals surface area (Å²) >= 11 is 0. The summed E-state index contributed by atoms with van der Waals surface area (Å²) in [5.41, 5.74) is -0.369. The molecule has 0 amide bonds. The van der Waals surface area contributed by atoms with Crippen LogP contribution in [0, 0.1) is 11.6 Å². The van der Waals surface area contributed by atoms with Crippen molar-refractivity contribution in [1.29, 1.82) is 0 Å². The first-order valence-electron chi connectivity index (χ1n) is 4.59. The van der Waals surface area contributed by atoms with E-state index in [2.05, 4.69) is 0 Å². The Hall–Kier alpha value is -0.970. The van der Waals surface area contributed by atoms with Gasteiger partial charge in [-0.05, 0) is 18.6 Å². The topological polar surface area (TPSA) is 34.1 Å². The first-order chi connectivity index (χ1) is 6.96. The molecule has 0 atom stereocenters. The van der Waals surface area contributed by atoms with E-state index in [0.717, 1.165) is 12.1 Å². The van der Waals surface area contributed by atoms with Crippen molar-refractivity contribution in [2.24, 2.45) is 0 Å². The maximum atomic E-state index is 13.1. The summed E-state index contributed by atoms with van der Waals surface area (Å²) < 4.78 is 49.0. The van der Waals surface area contributed by atoms with Gasteiger partial charge in [0.05, 0.1) is 11.5 Å². The predicted molar refractivity (Wildman–Crippen MR) is 54.1 cm³/mol. The predicted octanol–water partition coefficient (Wildman–Crippen LogP) is 2.29. The lowest BCUT2D eigenvalue weighted by molar-refractivity contribution is 0.555. The molecule has 0 saturated carbocycles. The van der Waals surface area contributed by atoms with Crippen LogP contribution in [0.4, 0.5) is 8.78 Å². The van der Waals surface area contributed by atoms with Gasteiger partial charge in [0, 0.05) is 5.56 Å². The minimum Gasteiger partial charge on any atom is -0.228 e. The van der Waals surface area contributed by atoms with E-state index < -0.39 is 27.2 Å². The van der Waals surface area contributed by atoms with Gasteiger partial charge in [-0.15, -0.1) is 0 Å². The quantitative estimate of drug-likeness (QED) is 0.801. The molecule has 1 rings (SSSR count). The molecule has 0 saturated heterocycles. The molecule has 0 aliphatic carbocycles. The molecule has 84 valence electrons. The number of hydrogen-bond acceptors (Lipinski definition) is 2. The summed E-state index contributed by atoms with van der Waals surface area (Å²) in [6, 6.07) is 3.32. The van der Waals surface area contributed by atoms with E-state index in [-0.39, 0.29) is 11.3 Å². The second-order valence-corrected chi connectivity index (χ2v) is 5.48. The van der Waals surface area contributed by atoms with Gasteiger partial charge in [0.25, 0.3) is 0 Å². The van der Waals surface area contributed by atoms with Crippen molar-refractivity contribution in [1.82, 2.24) is 0 Å². The molecule has 0 spiro atoms. The molecular weight excluding hydrogens is 222 g/mol. The molecule has 0 bridgehead atoms. The van der Waals surface area contributed by atoms with Crippen LogP contribution < -0.4 is 0 Å². The lowest BCUT2D eigenvalue weighted by Gasteiger charge is -2.05. The fraction of sp³-hybridized carbons (Fsp3) is 0.400. The van der Waals surface area contributed by atoms with Gasteiger partial charge in [0.15, 0.2) is 9.84 Å². The summed E-state index contributed by atoms with van der Waals surface area (Å²) in [5.74, 6) is -2.25. The van der Waals surface area contributed by atoms with E-state index in [4.69, 9.17) is 0 Å². The molecule has 15 heavy (non-hydrogen) atoms. The molecule has 0 unspecified atom stereocenters. The molecule has 1 aromatic carbocycles. The van der Waals surface area contributed by atoms with E-state index in [9.17, 15) is 17.2 Å². The van der Waals surface area contributed by atoms with E-state index in [1.165, 1.54) is 6.07 Å². The highest BCUT2D eigenvalue weighted by Gasteiger charge is 2.17. The van der Waals surface area contributed by atoms with Crippen LogP contribution in [-0.4, -0.2) is 14.2 Å². The van der Waals surface area contributed by atoms with Crippen molar-refractivity contribution >= 4 is 9.84 Å². The molecule has 0 heterocycles. The first-order valence-corrected chi connectivity index (χ1v) is 6.41. The van der Waals surface area contributed by atoms with Crippen LogP contribution in [0.25, 0.3) is 0 Å². The number of hydrogen-bond donors (Lipinski definition) is 0. The van der Waals surface area contributed by atoms with Crippen LogP contribution >= 0.6 is 0 Å². The third-order valence-corrected chi connectivity index (χ3v) is 3.70. The zero-order valence-corrected chi connectivity index (χ0v) is 9.15. The molecular formula is C10H12F2O2S. The molecule has 0 aromatic heterocycles. The molecule has 2 nitrogen and oxygen atoms in total. The molecule has 0 N–H and O–H groups in total. The Morgan fingerprint density at radius 2 is 1.73 bits per heavy atom. The van der Waals surface area contributed by atoms with Gasteiger partial charge in [-0.1, -0.05) is 13.0 Å². The van der Waals surface area contributed by atoms with Crippen molar-refractivity contribution in [3.63, 3.8) is 0 Å². The van der Waals surface area contributed by atoms with Gasteiger partial charge in [-0.25, -0.2) is 17.2 Å². The Balaban J connectivity index is 2.99. The third kappa shape index (κ3) is 3.27. The van der Waals surface area contributed by atoms with Gasteiger partial charge in [0.1, 0.15) is 11.6 Å². The maximum absolute atomic E-state index is 13.1. The average Bonchev–Trinajstić information content (AvgIpc) is 2.11. The SMILES string of the molecule is CCCS(=O)(=O)Cc1c(F)cccc1F. The smallest absolute Gasteiger partial charge is 0.154 e. The maximum Gasteiger partial charge on any atom is 0.154 e. The van der Waals surface area contributed by atoms with Crippen molar-refractivity contribution in [2.75, 3.05) is 5.75 Å². The Morgan fingerprint density at radius 3 is 2.20 bits per heavy atom. The van der Waals surface area contributed by atoms with Crippen LogP contribution in [0.5, 0.6) is 0 Å². The minimum absolute atomic E-state index is 0.0548. The van der Waals surface area contributed by atoms with Gasteiger partial charge in [-0.2, -0.15) is 0 Å². The number of benzene rings is 1. The average molecular weight is 234 g/mol. The zero-order valence-electron chi connectivity index (χ0n) is 8.33. The first kappa shape index (κ1) is 12.1. The molecule has 5 heteroatoms. The standard InChI is InChI=1S/C10H12F2O2S/c1-2-6-15(13,14)7-8-9(11)4-3-5-10(8)12/h3-5H,2,6-7H2,1H3. The third-order valence-electron chi connectivity index (χ3n) is 1.94. The van der Waals surface area contributed by atoms with Crippen LogP contribution in [-0.2, 0) is 15.6 Å². The van der Waals surface area contributed by atoms with Gasteiger partial charge >= 0.3 is 0 Å². The van der Waals surface area contributed by atoms with Gasteiger partial charge in [0.2, 0.25) is 0 Å². The zero-order chi connectivity index (χ0) is 11.5. The highest BCUT2D eigenvalue weighted by molar-refractivity contribution is 7.90. The monoisotopic (exact) mass is 234 g/mol. The van der Waals surface area contributed by atoms with Crippen LogP contribution in [0.15, 0.2) is 18.2 Å². The molecule has 0 fully saturated rings. The number of sulfone groups is 1. The highest BCUT2D eigenvalue weighted by Crippen LogP contribution is 2.15.